The number of aliphatic carboxylic acids is 1. The Bertz CT molecular complexity index is 995. The van der Waals surface area contributed by atoms with Crippen molar-refractivity contribution in [2.45, 2.75) is 64.1 Å². The Morgan fingerprint density at radius 1 is 1.19 bits per heavy atom. The Morgan fingerprint density at radius 2 is 2.03 bits per heavy atom. The van der Waals surface area contributed by atoms with Crippen LogP contribution in [0.15, 0.2) is 36.4 Å². The minimum absolute atomic E-state index is 0.0101. The smallest absolute Gasteiger partial charge is 0.304 e. The number of carboxylic acids is 1. The van der Waals surface area contributed by atoms with E-state index in [-0.39, 0.29) is 30.0 Å². The Hall–Kier alpha value is -2.53. The Kier molecular flexibility index (Phi) is 5.17. The molecule has 1 saturated heterocycles. The molecule has 164 valence electrons. The van der Waals surface area contributed by atoms with E-state index in [1.165, 1.54) is 23.1 Å². The van der Waals surface area contributed by atoms with Crippen molar-refractivity contribution in [2.24, 2.45) is 5.41 Å². The maximum Gasteiger partial charge on any atom is 0.304 e. The van der Waals surface area contributed by atoms with Crippen LogP contribution in [0.3, 0.4) is 0 Å². The van der Waals surface area contributed by atoms with Crippen molar-refractivity contribution in [3.05, 3.63) is 58.7 Å². The lowest BCUT2D eigenvalue weighted by Gasteiger charge is -2.39. The molecule has 1 N–H and O–H groups in total. The van der Waals surface area contributed by atoms with Gasteiger partial charge in [0.2, 0.25) is 0 Å². The van der Waals surface area contributed by atoms with Crippen molar-refractivity contribution >= 4 is 5.97 Å². The summed E-state index contributed by atoms with van der Waals surface area (Å²) >= 11 is 0. The van der Waals surface area contributed by atoms with Crippen molar-refractivity contribution in [1.82, 2.24) is 0 Å². The molecule has 0 bridgehead atoms. The summed E-state index contributed by atoms with van der Waals surface area (Å²) in [5.41, 5.74) is 5.05. The van der Waals surface area contributed by atoms with Gasteiger partial charge in [0, 0.05) is 24.2 Å². The zero-order valence-corrected chi connectivity index (χ0v) is 18.2. The Labute approximate surface area is 183 Å². The molecule has 31 heavy (non-hydrogen) atoms. The van der Waals surface area contributed by atoms with Gasteiger partial charge in [-0.25, -0.2) is 0 Å². The summed E-state index contributed by atoms with van der Waals surface area (Å²) in [6.45, 7) is 5.86. The SMILES string of the molecule is CC1(C)CCCOC1c1cccc2c1CC[C@H]2Oc1ccc2c(c1)OCC2CC(=O)O. The molecule has 0 amide bonds. The van der Waals surface area contributed by atoms with Gasteiger partial charge in [0.25, 0.3) is 0 Å². The highest BCUT2D eigenvalue weighted by molar-refractivity contribution is 5.68. The number of hydrogen-bond donors (Lipinski definition) is 1. The first-order valence-electron chi connectivity index (χ1n) is 11.3. The van der Waals surface area contributed by atoms with Crippen LogP contribution in [0, 0.1) is 5.41 Å². The first-order chi connectivity index (χ1) is 14.9. The molecular weight excluding hydrogens is 392 g/mol. The molecule has 2 aromatic carbocycles. The first-order valence-corrected chi connectivity index (χ1v) is 11.3. The van der Waals surface area contributed by atoms with Gasteiger partial charge in [-0.2, -0.15) is 0 Å². The molecule has 0 aromatic heterocycles. The van der Waals surface area contributed by atoms with E-state index in [2.05, 4.69) is 32.0 Å². The lowest BCUT2D eigenvalue weighted by Crippen LogP contribution is -2.30. The quantitative estimate of drug-likeness (QED) is 0.681. The van der Waals surface area contributed by atoms with E-state index in [4.69, 9.17) is 19.3 Å². The maximum atomic E-state index is 11.1. The molecule has 3 atom stereocenters. The molecular formula is C26H30O5. The van der Waals surface area contributed by atoms with Gasteiger partial charge in [-0.05, 0) is 53.9 Å². The van der Waals surface area contributed by atoms with E-state index >= 15 is 0 Å². The number of carboxylic acid groups (broad SMARTS) is 1. The summed E-state index contributed by atoms with van der Waals surface area (Å²) in [5, 5.41) is 9.10. The van der Waals surface area contributed by atoms with Crippen molar-refractivity contribution in [2.75, 3.05) is 13.2 Å². The van der Waals surface area contributed by atoms with Gasteiger partial charge in [-0.1, -0.05) is 38.1 Å². The highest BCUT2D eigenvalue weighted by Gasteiger charge is 2.38. The highest BCUT2D eigenvalue weighted by Crippen LogP contribution is 2.48. The van der Waals surface area contributed by atoms with Crippen LogP contribution in [0.5, 0.6) is 11.5 Å². The topological polar surface area (TPSA) is 65.0 Å². The molecule has 1 fully saturated rings. The molecule has 1 aliphatic carbocycles. The van der Waals surface area contributed by atoms with Gasteiger partial charge < -0.3 is 19.3 Å². The number of ether oxygens (including phenoxy) is 3. The van der Waals surface area contributed by atoms with Crippen LogP contribution in [0.1, 0.15) is 79.9 Å². The Morgan fingerprint density at radius 3 is 2.84 bits per heavy atom. The Balaban J connectivity index is 1.37. The average molecular weight is 423 g/mol. The van der Waals surface area contributed by atoms with Crippen molar-refractivity contribution in [3.63, 3.8) is 0 Å². The predicted molar refractivity (Wildman–Crippen MR) is 117 cm³/mol. The van der Waals surface area contributed by atoms with Gasteiger partial charge in [-0.3, -0.25) is 4.79 Å². The van der Waals surface area contributed by atoms with Crippen LogP contribution >= 0.6 is 0 Å². The zero-order valence-electron chi connectivity index (χ0n) is 18.2. The maximum absolute atomic E-state index is 11.1. The van der Waals surface area contributed by atoms with E-state index in [1.54, 1.807) is 0 Å². The standard InChI is InChI=1S/C26H30O5/c1-26(2)11-4-12-29-25(26)21-6-3-5-20-19(21)9-10-22(20)31-17-7-8-18-16(13-24(27)28)15-30-23(18)14-17/h3,5-8,14,16,22,25H,4,9-13,15H2,1-2H3,(H,27,28)/t16?,22-,25?/m1/s1. The number of hydrogen-bond acceptors (Lipinski definition) is 4. The third-order valence-electron chi connectivity index (χ3n) is 7.06. The minimum atomic E-state index is -0.801. The summed E-state index contributed by atoms with van der Waals surface area (Å²) in [4.78, 5) is 11.1. The fourth-order valence-electron chi connectivity index (χ4n) is 5.48. The molecule has 5 rings (SSSR count). The van der Waals surface area contributed by atoms with Crippen molar-refractivity contribution in [3.8, 4) is 11.5 Å². The van der Waals surface area contributed by atoms with Gasteiger partial charge in [0.05, 0.1) is 19.1 Å². The van der Waals surface area contributed by atoms with Gasteiger partial charge >= 0.3 is 5.97 Å². The summed E-state index contributed by atoms with van der Waals surface area (Å²) in [5.74, 6) is 0.626. The van der Waals surface area contributed by atoms with Crippen LogP contribution in [0.2, 0.25) is 0 Å². The monoisotopic (exact) mass is 422 g/mol. The second-order valence-electron chi connectivity index (χ2n) is 9.71. The average Bonchev–Trinajstić information content (AvgIpc) is 3.32. The van der Waals surface area contributed by atoms with E-state index in [0.29, 0.717) is 6.61 Å². The third-order valence-corrected chi connectivity index (χ3v) is 7.06. The lowest BCUT2D eigenvalue weighted by molar-refractivity contribution is -0.137. The number of rotatable bonds is 5. The molecule has 0 saturated carbocycles. The van der Waals surface area contributed by atoms with Gasteiger partial charge in [0.1, 0.15) is 17.6 Å². The summed E-state index contributed by atoms with van der Waals surface area (Å²) in [7, 11) is 0. The molecule has 2 aromatic rings. The van der Waals surface area contributed by atoms with Crippen molar-refractivity contribution in [1.29, 1.82) is 0 Å². The summed E-state index contributed by atoms with van der Waals surface area (Å²) in [6, 6.07) is 12.3. The van der Waals surface area contributed by atoms with E-state index in [1.807, 2.05) is 18.2 Å². The van der Waals surface area contributed by atoms with Crippen molar-refractivity contribution < 1.29 is 24.1 Å². The number of fused-ring (bicyclic) bond motifs is 2. The first kappa shape index (κ1) is 20.4. The van der Waals surface area contributed by atoms with E-state index < -0.39 is 5.97 Å². The van der Waals surface area contributed by atoms with Gasteiger partial charge in [0.15, 0.2) is 0 Å². The van der Waals surface area contributed by atoms with E-state index in [9.17, 15) is 4.79 Å². The molecule has 3 aliphatic rings. The highest BCUT2D eigenvalue weighted by atomic mass is 16.5. The van der Waals surface area contributed by atoms with Crippen LogP contribution < -0.4 is 9.47 Å². The molecule has 5 nitrogen and oxygen atoms in total. The second-order valence-corrected chi connectivity index (χ2v) is 9.71. The predicted octanol–water partition coefficient (Wildman–Crippen LogP) is 5.58. The van der Waals surface area contributed by atoms with Crippen LogP contribution in [-0.2, 0) is 16.0 Å². The molecule has 2 aliphatic heterocycles. The molecule has 2 heterocycles. The normalized spacial score (nSPS) is 26.1. The fourth-order valence-corrected chi connectivity index (χ4v) is 5.48. The number of benzene rings is 2. The largest absolute Gasteiger partial charge is 0.492 e. The molecule has 0 spiro atoms. The summed E-state index contributed by atoms with van der Waals surface area (Å²) < 4.78 is 18.4. The van der Waals surface area contributed by atoms with Crippen LogP contribution in [-0.4, -0.2) is 24.3 Å². The number of carbonyl (C=O) groups is 1. The van der Waals surface area contributed by atoms with Crippen LogP contribution in [0.25, 0.3) is 0 Å². The molecule has 0 radical (unpaired) electrons. The third kappa shape index (κ3) is 3.80. The fraction of sp³-hybridized carbons (Fsp3) is 0.500. The molecule has 5 heteroatoms. The minimum Gasteiger partial charge on any atom is -0.492 e. The van der Waals surface area contributed by atoms with Crippen LogP contribution in [0.4, 0.5) is 0 Å². The summed E-state index contributed by atoms with van der Waals surface area (Å²) in [6.07, 6.45) is 4.47. The zero-order chi connectivity index (χ0) is 21.6. The lowest BCUT2D eigenvalue weighted by atomic mass is 9.76. The van der Waals surface area contributed by atoms with Gasteiger partial charge in [-0.15, -0.1) is 0 Å². The second kappa shape index (κ2) is 7.86. The molecule has 2 unspecified atom stereocenters. The van der Waals surface area contributed by atoms with E-state index in [0.717, 1.165) is 42.9 Å².